The molecule has 0 unspecified atom stereocenters. The zero-order valence-electron chi connectivity index (χ0n) is 9.43. The third-order valence-corrected chi connectivity index (χ3v) is 3.90. The fourth-order valence-electron chi connectivity index (χ4n) is 1.83. The molecule has 17 heavy (non-hydrogen) atoms. The van der Waals surface area contributed by atoms with Crippen molar-refractivity contribution in [2.24, 2.45) is 0 Å². The molecule has 3 rings (SSSR count). The third kappa shape index (κ3) is 1.40. The molecule has 0 saturated carbocycles. The third-order valence-electron chi connectivity index (χ3n) is 2.79. The van der Waals surface area contributed by atoms with E-state index in [1.165, 1.54) is 10.4 Å². The number of aromatic nitrogens is 4. The highest BCUT2D eigenvalue weighted by atomic mass is 32.1. The van der Waals surface area contributed by atoms with Crippen LogP contribution in [-0.4, -0.2) is 19.6 Å². The smallest absolute Gasteiger partial charge is 0.167 e. The monoisotopic (exact) mass is 243 g/mol. The lowest BCUT2D eigenvalue weighted by atomic mass is 10.2. The molecule has 0 aliphatic heterocycles. The van der Waals surface area contributed by atoms with Crippen LogP contribution in [0.15, 0.2) is 6.33 Å². The van der Waals surface area contributed by atoms with E-state index in [-0.39, 0.29) is 6.42 Å². The van der Waals surface area contributed by atoms with Crippen molar-refractivity contribution < 1.29 is 0 Å². The van der Waals surface area contributed by atoms with Crippen LogP contribution in [-0.2, 0) is 6.42 Å². The zero-order valence-corrected chi connectivity index (χ0v) is 10.2. The van der Waals surface area contributed by atoms with Crippen molar-refractivity contribution in [1.29, 1.82) is 5.26 Å². The van der Waals surface area contributed by atoms with Crippen LogP contribution in [0.1, 0.15) is 16.3 Å². The van der Waals surface area contributed by atoms with Crippen LogP contribution < -0.4 is 0 Å². The molecule has 3 heterocycles. The number of thiophene rings is 1. The molecule has 0 aliphatic rings. The van der Waals surface area contributed by atoms with Crippen LogP contribution in [0, 0.1) is 25.2 Å². The van der Waals surface area contributed by atoms with Gasteiger partial charge >= 0.3 is 0 Å². The zero-order chi connectivity index (χ0) is 12.0. The largest absolute Gasteiger partial charge is 0.225 e. The van der Waals surface area contributed by atoms with Crippen LogP contribution >= 0.6 is 11.3 Å². The van der Waals surface area contributed by atoms with E-state index in [0.717, 1.165) is 15.9 Å². The van der Waals surface area contributed by atoms with Gasteiger partial charge in [0.25, 0.3) is 0 Å². The van der Waals surface area contributed by atoms with E-state index in [1.54, 1.807) is 22.2 Å². The molecule has 0 atom stereocenters. The minimum absolute atomic E-state index is 0.228. The Bertz CT molecular complexity index is 761. The maximum absolute atomic E-state index is 8.66. The Morgan fingerprint density at radius 2 is 2.29 bits per heavy atom. The minimum Gasteiger partial charge on any atom is -0.225 e. The Kier molecular flexibility index (Phi) is 2.09. The van der Waals surface area contributed by atoms with Gasteiger partial charge in [-0.25, -0.2) is 14.5 Å². The van der Waals surface area contributed by atoms with Gasteiger partial charge in [0, 0.05) is 4.88 Å². The molecule has 0 spiro atoms. The van der Waals surface area contributed by atoms with Crippen LogP contribution in [0.2, 0.25) is 0 Å². The van der Waals surface area contributed by atoms with E-state index < -0.39 is 0 Å². The molecule has 0 aromatic carbocycles. The maximum atomic E-state index is 8.66. The van der Waals surface area contributed by atoms with Gasteiger partial charge in [0.15, 0.2) is 11.5 Å². The lowest BCUT2D eigenvalue weighted by Gasteiger charge is -1.93. The summed E-state index contributed by atoms with van der Waals surface area (Å²) in [6.07, 6.45) is 1.88. The van der Waals surface area contributed by atoms with Gasteiger partial charge in [-0.2, -0.15) is 5.26 Å². The average Bonchev–Trinajstić information content (AvgIpc) is 2.81. The molecule has 0 fully saturated rings. The van der Waals surface area contributed by atoms with Gasteiger partial charge in [-0.15, -0.1) is 16.4 Å². The molecule has 0 N–H and O–H groups in total. The van der Waals surface area contributed by atoms with Crippen LogP contribution in [0.25, 0.3) is 15.9 Å². The summed E-state index contributed by atoms with van der Waals surface area (Å²) in [4.78, 5) is 11.0. The summed E-state index contributed by atoms with van der Waals surface area (Å²) in [6.45, 7) is 4.14. The van der Waals surface area contributed by atoms with Gasteiger partial charge in [0.2, 0.25) is 0 Å². The lowest BCUT2D eigenvalue weighted by Crippen LogP contribution is -1.90. The Morgan fingerprint density at radius 3 is 3.06 bits per heavy atom. The van der Waals surface area contributed by atoms with Crippen molar-refractivity contribution in [3.8, 4) is 6.07 Å². The van der Waals surface area contributed by atoms with Crippen molar-refractivity contribution in [3.05, 3.63) is 22.6 Å². The predicted octanol–water partition coefficient (Wildman–Crippen LogP) is 2.02. The quantitative estimate of drug-likeness (QED) is 0.655. The molecule has 0 bridgehead atoms. The molecule has 6 heteroatoms. The van der Waals surface area contributed by atoms with Crippen molar-refractivity contribution in [2.45, 2.75) is 20.3 Å². The second-order valence-corrected chi connectivity index (χ2v) is 5.04. The summed E-state index contributed by atoms with van der Waals surface area (Å²) in [5, 5.41) is 13.9. The molecule has 5 nitrogen and oxygen atoms in total. The first kappa shape index (κ1) is 10.2. The first-order valence-corrected chi connectivity index (χ1v) is 5.99. The molecular weight excluding hydrogens is 234 g/mol. The number of rotatable bonds is 1. The summed E-state index contributed by atoms with van der Waals surface area (Å²) in [5.41, 5.74) is 1.99. The summed E-state index contributed by atoms with van der Waals surface area (Å²) in [7, 11) is 0. The molecular formula is C11H9N5S. The number of fused-ring (bicyclic) bond motifs is 3. The molecule has 84 valence electrons. The standard InChI is InChI=1S/C11H9N5S/c1-6-7(2)17-11-9(6)10-14-8(3-4-12)15-16(10)5-13-11/h5H,3H2,1-2H3. The van der Waals surface area contributed by atoms with E-state index in [2.05, 4.69) is 35.0 Å². The molecule has 0 aliphatic carbocycles. The van der Waals surface area contributed by atoms with E-state index in [1.807, 2.05) is 0 Å². The maximum Gasteiger partial charge on any atom is 0.167 e. The van der Waals surface area contributed by atoms with Gasteiger partial charge in [-0.3, -0.25) is 0 Å². The Morgan fingerprint density at radius 1 is 1.47 bits per heavy atom. The normalized spacial score (nSPS) is 11.1. The van der Waals surface area contributed by atoms with E-state index in [0.29, 0.717) is 5.82 Å². The molecule has 3 aromatic rings. The summed E-state index contributed by atoms with van der Waals surface area (Å²) >= 11 is 1.66. The van der Waals surface area contributed by atoms with Gasteiger partial charge in [0.05, 0.1) is 17.9 Å². The number of aryl methyl sites for hydroxylation is 2. The SMILES string of the molecule is Cc1sc2ncn3nc(CC#N)nc3c2c1C. The van der Waals surface area contributed by atoms with Crippen molar-refractivity contribution in [2.75, 3.05) is 0 Å². The first-order valence-electron chi connectivity index (χ1n) is 5.17. The van der Waals surface area contributed by atoms with Crippen molar-refractivity contribution >= 4 is 27.2 Å². The van der Waals surface area contributed by atoms with Gasteiger partial charge in [-0.1, -0.05) is 0 Å². The van der Waals surface area contributed by atoms with Crippen LogP contribution in [0.4, 0.5) is 0 Å². The highest BCUT2D eigenvalue weighted by Gasteiger charge is 2.13. The second-order valence-electron chi connectivity index (χ2n) is 3.84. The highest BCUT2D eigenvalue weighted by Crippen LogP contribution is 2.30. The number of hydrogen-bond acceptors (Lipinski definition) is 5. The Labute approximate surface area is 101 Å². The van der Waals surface area contributed by atoms with Gasteiger partial charge < -0.3 is 0 Å². The number of hydrogen-bond donors (Lipinski definition) is 0. The Balaban J connectivity index is 2.42. The van der Waals surface area contributed by atoms with E-state index >= 15 is 0 Å². The van der Waals surface area contributed by atoms with Crippen molar-refractivity contribution in [3.63, 3.8) is 0 Å². The topological polar surface area (TPSA) is 66.9 Å². The molecule has 0 amide bonds. The average molecular weight is 243 g/mol. The minimum atomic E-state index is 0.228. The molecule has 3 aromatic heterocycles. The summed E-state index contributed by atoms with van der Waals surface area (Å²) in [5.74, 6) is 0.546. The predicted molar refractivity (Wildman–Crippen MR) is 65.0 cm³/mol. The van der Waals surface area contributed by atoms with Crippen LogP contribution in [0.3, 0.4) is 0 Å². The summed E-state index contributed by atoms with van der Waals surface area (Å²) < 4.78 is 1.65. The summed E-state index contributed by atoms with van der Waals surface area (Å²) in [6, 6.07) is 2.06. The van der Waals surface area contributed by atoms with Gasteiger partial charge in [0.1, 0.15) is 11.2 Å². The molecule has 0 radical (unpaired) electrons. The Hall–Kier alpha value is -2.00. The highest BCUT2D eigenvalue weighted by molar-refractivity contribution is 7.18. The van der Waals surface area contributed by atoms with Crippen LogP contribution in [0.5, 0.6) is 0 Å². The van der Waals surface area contributed by atoms with Crippen molar-refractivity contribution in [1.82, 2.24) is 19.6 Å². The van der Waals surface area contributed by atoms with Gasteiger partial charge in [-0.05, 0) is 19.4 Å². The lowest BCUT2D eigenvalue weighted by molar-refractivity contribution is 0.893. The number of nitrogens with zero attached hydrogens (tertiary/aromatic N) is 5. The second kappa shape index (κ2) is 3.50. The molecule has 0 saturated heterocycles. The van der Waals surface area contributed by atoms with E-state index in [4.69, 9.17) is 5.26 Å². The number of nitriles is 1. The van der Waals surface area contributed by atoms with E-state index in [9.17, 15) is 0 Å². The fourth-order valence-corrected chi connectivity index (χ4v) is 2.83. The first-order chi connectivity index (χ1) is 8.20. The fraction of sp³-hybridized carbons (Fsp3) is 0.273.